The maximum Gasteiger partial charge on any atom is 0.233 e. The summed E-state index contributed by atoms with van der Waals surface area (Å²) in [6, 6.07) is 1.62. The lowest BCUT2D eigenvalue weighted by Crippen LogP contribution is -2.15. The van der Waals surface area contributed by atoms with E-state index in [9.17, 15) is 0 Å². The van der Waals surface area contributed by atoms with Gasteiger partial charge in [0.05, 0.1) is 0 Å². The van der Waals surface area contributed by atoms with Gasteiger partial charge in [0.1, 0.15) is 17.0 Å². The van der Waals surface area contributed by atoms with E-state index in [-0.39, 0.29) is 11.9 Å². The summed E-state index contributed by atoms with van der Waals surface area (Å²) in [7, 11) is 0. The Kier molecular flexibility index (Phi) is 3.29. The molecule has 0 unspecified atom stereocenters. The molecular formula is C11H14ClN3O. The Labute approximate surface area is 99.3 Å². The van der Waals surface area contributed by atoms with Crippen LogP contribution in [0.4, 0.5) is 0 Å². The normalized spacial score (nSPS) is 16.3. The van der Waals surface area contributed by atoms with Gasteiger partial charge in [-0.2, -0.15) is 0 Å². The lowest BCUT2D eigenvalue weighted by atomic mass is 10.2. The molecule has 0 aromatic carbocycles. The first-order valence-electron chi connectivity index (χ1n) is 5.34. The van der Waals surface area contributed by atoms with E-state index in [1.807, 2.05) is 0 Å². The molecule has 1 aromatic rings. The number of hydrogen-bond acceptors (Lipinski definition) is 3. The van der Waals surface area contributed by atoms with Gasteiger partial charge in [0.25, 0.3) is 0 Å². The van der Waals surface area contributed by atoms with Crippen molar-refractivity contribution in [1.29, 1.82) is 5.41 Å². The van der Waals surface area contributed by atoms with Gasteiger partial charge >= 0.3 is 0 Å². The van der Waals surface area contributed by atoms with Crippen LogP contribution >= 0.6 is 11.6 Å². The highest BCUT2D eigenvalue weighted by atomic mass is 35.5. The smallest absolute Gasteiger partial charge is 0.233 e. The molecule has 1 heterocycles. The molecule has 0 saturated heterocycles. The van der Waals surface area contributed by atoms with Crippen molar-refractivity contribution in [1.82, 2.24) is 4.98 Å². The first-order valence-corrected chi connectivity index (χ1v) is 5.72. The van der Waals surface area contributed by atoms with Crippen molar-refractivity contribution in [2.75, 3.05) is 0 Å². The van der Waals surface area contributed by atoms with E-state index in [0.29, 0.717) is 16.5 Å². The Bertz CT molecular complexity index is 402. The molecule has 4 nitrogen and oxygen atoms in total. The molecule has 5 heteroatoms. The summed E-state index contributed by atoms with van der Waals surface area (Å²) in [4.78, 5) is 4.08. The van der Waals surface area contributed by atoms with E-state index in [1.165, 1.54) is 12.8 Å². The van der Waals surface area contributed by atoms with Crippen molar-refractivity contribution >= 4 is 17.4 Å². The van der Waals surface area contributed by atoms with Crippen LogP contribution in [0, 0.1) is 5.41 Å². The number of nitrogens with two attached hydrogens (primary N) is 1. The Morgan fingerprint density at radius 1 is 1.50 bits per heavy atom. The second-order valence-electron chi connectivity index (χ2n) is 3.92. The highest BCUT2D eigenvalue weighted by molar-refractivity contribution is 6.35. The SMILES string of the molecule is N=C(N)c1ccnc(OC2CCCC2)c1Cl. The lowest BCUT2D eigenvalue weighted by Gasteiger charge is -2.14. The molecular weight excluding hydrogens is 226 g/mol. The molecule has 1 aromatic heterocycles. The molecule has 1 aliphatic rings. The van der Waals surface area contributed by atoms with Crippen LogP contribution in [-0.4, -0.2) is 16.9 Å². The molecule has 0 aliphatic heterocycles. The van der Waals surface area contributed by atoms with Crippen molar-refractivity contribution in [3.05, 3.63) is 22.8 Å². The number of hydrogen-bond donors (Lipinski definition) is 2. The van der Waals surface area contributed by atoms with Crippen LogP contribution < -0.4 is 10.5 Å². The topological polar surface area (TPSA) is 72.0 Å². The molecule has 0 radical (unpaired) electrons. The average Bonchev–Trinajstić information content (AvgIpc) is 2.73. The monoisotopic (exact) mass is 239 g/mol. The molecule has 86 valence electrons. The fourth-order valence-electron chi connectivity index (χ4n) is 1.88. The van der Waals surface area contributed by atoms with Gasteiger partial charge in [-0.15, -0.1) is 0 Å². The van der Waals surface area contributed by atoms with Gasteiger partial charge < -0.3 is 10.5 Å². The number of rotatable bonds is 3. The fraction of sp³-hybridized carbons (Fsp3) is 0.455. The van der Waals surface area contributed by atoms with Gasteiger partial charge in [-0.25, -0.2) is 4.98 Å². The van der Waals surface area contributed by atoms with Gasteiger partial charge in [-0.3, -0.25) is 5.41 Å². The van der Waals surface area contributed by atoms with Crippen LogP contribution in [0.3, 0.4) is 0 Å². The molecule has 1 aliphatic carbocycles. The predicted molar refractivity (Wildman–Crippen MR) is 63.1 cm³/mol. The van der Waals surface area contributed by atoms with Crippen molar-refractivity contribution in [3.63, 3.8) is 0 Å². The third kappa shape index (κ3) is 2.27. The molecule has 0 bridgehead atoms. The van der Waals surface area contributed by atoms with Crippen molar-refractivity contribution in [2.45, 2.75) is 31.8 Å². The third-order valence-electron chi connectivity index (χ3n) is 2.73. The minimum atomic E-state index is -0.0660. The largest absolute Gasteiger partial charge is 0.473 e. The van der Waals surface area contributed by atoms with Crippen LogP contribution in [0.5, 0.6) is 5.88 Å². The molecule has 0 spiro atoms. The summed E-state index contributed by atoms with van der Waals surface area (Å²) in [6.45, 7) is 0. The molecule has 1 fully saturated rings. The molecule has 0 atom stereocenters. The van der Waals surface area contributed by atoms with Crippen molar-refractivity contribution in [2.24, 2.45) is 5.73 Å². The van der Waals surface area contributed by atoms with Crippen LogP contribution in [0.2, 0.25) is 5.02 Å². The van der Waals surface area contributed by atoms with E-state index in [1.54, 1.807) is 12.3 Å². The zero-order valence-corrected chi connectivity index (χ0v) is 9.63. The zero-order valence-electron chi connectivity index (χ0n) is 8.87. The van der Waals surface area contributed by atoms with Gasteiger partial charge in [-0.05, 0) is 31.7 Å². The van der Waals surface area contributed by atoms with Gasteiger partial charge in [0.2, 0.25) is 5.88 Å². The lowest BCUT2D eigenvalue weighted by molar-refractivity contribution is 0.201. The number of pyridine rings is 1. The predicted octanol–water partition coefficient (Wildman–Crippen LogP) is 2.34. The molecule has 0 amide bonds. The first kappa shape index (κ1) is 11.2. The molecule has 1 saturated carbocycles. The van der Waals surface area contributed by atoms with Crippen LogP contribution in [0.15, 0.2) is 12.3 Å². The van der Waals surface area contributed by atoms with E-state index in [0.717, 1.165) is 12.8 Å². The van der Waals surface area contributed by atoms with E-state index < -0.39 is 0 Å². The number of nitrogens with one attached hydrogen (secondary N) is 1. The van der Waals surface area contributed by atoms with Gasteiger partial charge in [0, 0.05) is 11.8 Å². The van der Waals surface area contributed by atoms with E-state index >= 15 is 0 Å². The van der Waals surface area contributed by atoms with Gasteiger partial charge in [-0.1, -0.05) is 11.6 Å². The van der Waals surface area contributed by atoms with Crippen LogP contribution in [0.1, 0.15) is 31.2 Å². The second-order valence-corrected chi connectivity index (χ2v) is 4.29. The van der Waals surface area contributed by atoms with E-state index in [2.05, 4.69) is 4.98 Å². The summed E-state index contributed by atoms with van der Waals surface area (Å²) in [5.74, 6) is 0.324. The third-order valence-corrected chi connectivity index (χ3v) is 3.09. The number of aromatic nitrogens is 1. The Balaban J connectivity index is 2.20. The zero-order chi connectivity index (χ0) is 11.5. The van der Waals surface area contributed by atoms with Crippen molar-refractivity contribution < 1.29 is 4.74 Å². The summed E-state index contributed by atoms with van der Waals surface area (Å²) < 4.78 is 5.70. The Morgan fingerprint density at radius 3 is 2.81 bits per heavy atom. The van der Waals surface area contributed by atoms with Gasteiger partial charge in [0.15, 0.2) is 0 Å². The first-order chi connectivity index (χ1) is 7.68. The summed E-state index contributed by atoms with van der Waals surface area (Å²) in [5.41, 5.74) is 5.88. The minimum Gasteiger partial charge on any atom is -0.473 e. The standard InChI is InChI=1S/C11H14ClN3O/c12-9-8(10(13)14)5-6-15-11(9)16-7-3-1-2-4-7/h5-7H,1-4H2,(H3,13,14). The second kappa shape index (κ2) is 4.70. The van der Waals surface area contributed by atoms with Crippen LogP contribution in [0.25, 0.3) is 0 Å². The summed E-state index contributed by atoms with van der Waals surface area (Å²) >= 11 is 6.07. The Morgan fingerprint density at radius 2 is 2.19 bits per heavy atom. The highest BCUT2D eigenvalue weighted by Gasteiger charge is 2.19. The fourth-order valence-corrected chi connectivity index (χ4v) is 2.14. The number of amidine groups is 1. The quantitative estimate of drug-likeness (QED) is 0.628. The number of ether oxygens (including phenoxy) is 1. The average molecular weight is 240 g/mol. The molecule has 2 rings (SSSR count). The van der Waals surface area contributed by atoms with E-state index in [4.69, 9.17) is 27.5 Å². The summed E-state index contributed by atoms with van der Waals surface area (Å²) in [6.07, 6.45) is 6.23. The maximum absolute atomic E-state index is 7.37. The number of nitrogens with zero attached hydrogens (tertiary/aromatic N) is 1. The maximum atomic E-state index is 7.37. The molecule has 16 heavy (non-hydrogen) atoms. The number of nitrogen functional groups attached to an aromatic ring is 1. The van der Waals surface area contributed by atoms with Crippen LogP contribution in [-0.2, 0) is 0 Å². The number of halogens is 1. The summed E-state index contributed by atoms with van der Waals surface area (Å²) in [5, 5.41) is 7.70. The molecule has 3 N–H and O–H groups in total. The van der Waals surface area contributed by atoms with Crippen molar-refractivity contribution in [3.8, 4) is 5.88 Å². The Hall–Kier alpha value is -1.29. The minimum absolute atomic E-state index is 0.0660. The highest BCUT2D eigenvalue weighted by Crippen LogP contribution is 2.29.